The molecular weight excluding hydrogens is 427 g/mol. The fourth-order valence-corrected chi connectivity index (χ4v) is 4.72. The number of carbonyl (C=O) groups excluding carboxylic acids is 2. The molecule has 0 fully saturated rings. The predicted octanol–water partition coefficient (Wildman–Crippen LogP) is 5.73. The average molecular weight is 453 g/mol. The Hall–Kier alpha value is -3.19. The van der Waals surface area contributed by atoms with Gasteiger partial charge in [0.05, 0.1) is 12.2 Å². The molecule has 1 aromatic heterocycles. The van der Waals surface area contributed by atoms with Crippen molar-refractivity contribution in [1.82, 2.24) is 5.32 Å². The number of alkyl halides is 1. The highest BCUT2D eigenvalue weighted by molar-refractivity contribution is 7.10. The van der Waals surface area contributed by atoms with Crippen molar-refractivity contribution in [2.45, 2.75) is 44.6 Å². The van der Waals surface area contributed by atoms with Crippen LogP contribution < -0.4 is 10.2 Å². The Morgan fingerprint density at radius 3 is 2.44 bits per heavy atom. The summed E-state index contributed by atoms with van der Waals surface area (Å²) in [7, 11) is 0. The van der Waals surface area contributed by atoms with Gasteiger partial charge in [0.1, 0.15) is 11.6 Å². The van der Waals surface area contributed by atoms with E-state index in [0.29, 0.717) is 10.6 Å². The number of hydrogen-bond acceptors (Lipinski definition) is 4. The topological polar surface area (TPSA) is 58.6 Å². The molecular formula is C25H25FN2O3S. The van der Waals surface area contributed by atoms with E-state index >= 15 is 4.39 Å². The lowest BCUT2D eigenvalue weighted by atomic mass is 9.88. The van der Waals surface area contributed by atoms with Crippen molar-refractivity contribution in [2.75, 3.05) is 4.90 Å². The quantitative estimate of drug-likeness (QED) is 0.538. The number of benzene rings is 2. The summed E-state index contributed by atoms with van der Waals surface area (Å²) in [6.45, 7) is 5.42. The number of fused-ring (bicyclic) bond motifs is 1. The van der Waals surface area contributed by atoms with Crippen LogP contribution in [0.1, 0.15) is 42.8 Å². The lowest BCUT2D eigenvalue weighted by Crippen LogP contribution is -2.48. The molecule has 0 aliphatic carbocycles. The Morgan fingerprint density at radius 1 is 1.09 bits per heavy atom. The molecule has 0 bridgehead atoms. The molecule has 2 amide bonds. The summed E-state index contributed by atoms with van der Waals surface area (Å²) in [6, 6.07) is 18.5. The number of nitrogens with zero attached hydrogens (tertiary/aromatic N) is 1. The number of carbonyl (C=O) groups is 2. The van der Waals surface area contributed by atoms with Gasteiger partial charge in [-0.15, -0.1) is 11.3 Å². The highest BCUT2D eigenvalue weighted by Crippen LogP contribution is 2.51. The van der Waals surface area contributed by atoms with Gasteiger partial charge in [-0.1, -0.05) is 54.6 Å². The van der Waals surface area contributed by atoms with Crippen LogP contribution in [0.4, 0.5) is 14.9 Å². The molecule has 5 nitrogen and oxygen atoms in total. The van der Waals surface area contributed by atoms with Gasteiger partial charge in [0, 0.05) is 10.4 Å². The number of para-hydroxylation sites is 1. The van der Waals surface area contributed by atoms with Gasteiger partial charge in [-0.2, -0.15) is 0 Å². The molecule has 1 aliphatic rings. The van der Waals surface area contributed by atoms with Crippen molar-refractivity contribution in [2.24, 2.45) is 0 Å². The summed E-state index contributed by atoms with van der Waals surface area (Å²) in [6.07, 6.45) is -0.778. The van der Waals surface area contributed by atoms with E-state index in [0.717, 1.165) is 5.56 Å². The minimum Gasteiger partial charge on any atom is -0.444 e. The third kappa shape index (κ3) is 4.12. The first kappa shape index (κ1) is 22.0. The van der Waals surface area contributed by atoms with E-state index in [1.807, 2.05) is 30.3 Å². The molecule has 1 N–H and O–H groups in total. The molecule has 3 aromatic rings. The van der Waals surface area contributed by atoms with Gasteiger partial charge in [0.2, 0.25) is 5.67 Å². The standard InChI is InChI=1S/C25H25FN2O3S/c1-24(2,3)31-23(30)27-21(20-14-9-15-32-20)25(26)18-12-7-8-13-19(18)28(22(25)29)16-17-10-5-4-6-11-17/h4-15,21H,16H2,1-3H3,(H,27,30)/t21-,25-/m0/s1. The van der Waals surface area contributed by atoms with E-state index in [1.165, 1.54) is 16.2 Å². The van der Waals surface area contributed by atoms with Gasteiger partial charge < -0.3 is 15.0 Å². The van der Waals surface area contributed by atoms with Crippen LogP contribution in [0.15, 0.2) is 72.1 Å². The fraction of sp³-hybridized carbons (Fsp3) is 0.280. The first-order valence-corrected chi connectivity index (χ1v) is 11.3. The van der Waals surface area contributed by atoms with Crippen LogP contribution in [0.3, 0.4) is 0 Å². The molecule has 0 unspecified atom stereocenters. The molecule has 2 atom stereocenters. The normalized spacial score (nSPS) is 18.9. The maximum Gasteiger partial charge on any atom is 0.408 e. The average Bonchev–Trinajstić information content (AvgIpc) is 3.35. The van der Waals surface area contributed by atoms with Crippen molar-refractivity contribution in [1.29, 1.82) is 0 Å². The third-order valence-electron chi connectivity index (χ3n) is 5.21. The maximum atomic E-state index is 17.0. The number of amides is 2. The lowest BCUT2D eigenvalue weighted by molar-refractivity contribution is -0.131. The molecule has 0 spiro atoms. The minimum atomic E-state index is -2.48. The smallest absolute Gasteiger partial charge is 0.408 e. The SMILES string of the molecule is CC(C)(C)OC(=O)N[C@@H](c1cccs1)[C@]1(F)C(=O)N(Cc2ccccc2)c2ccccc21. The largest absolute Gasteiger partial charge is 0.444 e. The Kier molecular flexibility index (Phi) is 5.77. The minimum absolute atomic E-state index is 0.228. The lowest BCUT2D eigenvalue weighted by Gasteiger charge is -2.31. The summed E-state index contributed by atoms with van der Waals surface area (Å²) in [4.78, 5) is 28.3. The number of halogens is 1. The van der Waals surface area contributed by atoms with Crippen LogP contribution >= 0.6 is 11.3 Å². The molecule has 4 rings (SSSR count). The molecule has 1 aliphatic heterocycles. The molecule has 166 valence electrons. The van der Waals surface area contributed by atoms with Crippen LogP contribution in [-0.4, -0.2) is 17.6 Å². The Labute approximate surface area is 190 Å². The summed E-state index contributed by atoms with van der Waals surface area (Å²) in [5.74, 6) is -0.711. The summed E-state index contributed by atoms with van der Waals surface area (Å²) < 4.78 is 22.4. The molecule has 2 heterocycles. The molecule has 7 heteroatoms. The van der Waals surface area contributed by atoms with Crippen LogP contribution in [0.2, 0.25) is 0 Å². The zero-order valence-corrected chi connectivity index (χ0v) is 19.0. The van der Waals surface area contributed by atoms with Crippen molar-refractivity contribution in [3.63, 3.8) is 0 Å². The summed E-state index contributed by atoms with van der Waals surface area (Å²) in [5.41, 5.74) is -1.63. The van der Waals surface area contributed by atoms with E-state index in [-0.39, 0.29) is 12.1 Å². The monoisotopic (exact) mass is 452 g/mol. The second-order valence-electron chi connectivity index (χ2n) is 8.70. The van der Waals surface area contributed by atoms with Crippen molar-refractivity contribution in [3.05, 3.63) is 88.1 Å². The maximum absolute atomic E-state index is 17.0. The van der Waals surface area contributed by atoms with Gasteiger partial charge >= 0.3 is 6.09 Å². The number of alkyl carbamates (subject to hydrolysis) is 1. The Morgan fingerprint density at radius 2 is 1.78 bits per heavy atom. The zero-order chi connectivity index (χ0) is 22.9. The third-order valence-corrected chi connectivity index (χ3v) is 6.15. The molecule has 0 saturated heterocycles. The molecule has 32 heavy (non-hydrogen) atoms. The van der Waals surface area contributed by atoms with Crippen LogP contribution in [0.25, 0.3) is 0 Å². The number of nitrogens with one attached hydrogen (secondary N) is 1. The van der Waals surface area contributed by atoms with E-state index < -0.39 is 29.3 Å². The van der Waals surface area contributed by atoms with E-state index in [1.54, 1.807) is 62.5 Å². The highest BCUT2D eigenvalue weighted by atomic mass is 32.1. The van der Waals surface area contributed by atoms with Crippen LogP contribution in [-0.2, 0) is 21.7 Å². The Bertz CT molecular complexity index is 1110. The first-order chi connectivity index (χ1) is 15.2. The summed E-state index contributed by atoms with van der Waals surface area (Å²) >= 11 is 1.28. The van der Waals surface area contributed by atoms with Crippen molar-refractivity contribution >= 4 is 29.0 Å². The number of rotatable bonds is 5. The van der Waals surface area contributed by atoms with E-state index in [9.17, 15) is 9.59 Å². The summed E-state index contributed by atoms with van der Waals surface area (Å²) in [5, 5.41) is 4.43. The van der Waals surface area contributed by atoms with Gasteiger partial charge in [-0.05, 0) is 43.8 Å². The second-order valence-corrected chi connectivity index (χ2v) is 9.68. The molecule has 2 aromatic carbocycles. The number of anilines is 1. The molecule has 0 radical (unpaired) electrons. The van der Waals surface area contributed by atoms with Crippen LogP contribution in [0, 0.1) is 0 Å². The first-order valence-electron chi connectivity index (χ1n) is 10.4. The van der Waals surface area contributed by atoms with Gasteiger partial charge in [0.15, 0.2) is 0 Å². The highest BCUT2D eigenvalue weighted by Gasteiger charge is 2.58. The number of hydrogen-bond donors (Lipinski definition) is 1. The fourth-order valence-electron chi connectivity index (χ4n) is 3.89. The zero-order valence-electron chi connectivity index (χ0n) is 18.2. The van der Waals surface area contributed by atoms with Gasteiger partial charge in [-0.25, -0.2) is 9.18 Å². The number of thiophene rings is 1. The van der Waals surface area contributed by atoms with E-state index in [4.69, 9.17) is 4.74 Å². The predicted molar refractivity (Wildman–Crippen MR) is 123 cm³/mol. The van der Waals surface area contributed by atoms with E-state index in [2.05, 4.69) is 5.32 Å². The molecule has 0 saturated carbocycles. The van der Waals surface area contributed by atoms with Gasteiger partial charge in [-0.3, -0.25) is 4.79 Å². The second kappa shape index (κ2) is 8.39. The van der Waals surface area contributed by atoms with Gasteiger partial charge in [0.25, 0.3) is 5.91 Å². The van der Waals surface area contributed by atoms with Crippen molar-refractivity contribution in [3.8, 4) is 0 Å². The van der Waals surface area contributed by atoms with Crippen molar-refractivity contribution < 1.29 is 18.7 Å². The van der Waals surface area contributed by atoms with Crippen LogP contribution in [0.5, 0.6) is 0 Å². The Balaban J connectivity index is 1.76. The number of ether oxygens (including phenoxy) is 1.